The van der Waals surface area contributed by atoms with Gasteiger partial charge in [-0.15, -0.1) is 22.9 Å². The van der Waals surface area contributed by atoms with Gasteiger partial charge in [-0.3, -0.25) is 0 Å². The first-order valence-electron chi connectivity index (χ1n) is 3.31. The van der Waals surface area contributed by atoms with Crippen molar-refractivity contribution >= 4 is 34.5 Å². The summed E-state index contributed by atoms with van der Waals surface area (Å²) in [6.07, 6.45) is 0.804. The summed E-state index contributed by atoms with van der Waals surface area (Å²) in [5.74, 6) is 0.594. The fourth-order valence-electron chi connectivity index (χ4n) is 0.787. The molecule has 2 N–H and O–H groups in total. The van der Waals surface area contributed by atoms with Gasteiger partial charge in [0.2, 0.25) is 0 Å². The van der Waals surface area contributed by atoms with Crippen molar-refractivity contribution in [1.82, 2.24) is 0 Å². The van der Waals surface area contributed by atoms with E-state index in [1.165, 1.54) is 11.3 Å². The van der Waals surface area contributed by atoms with Gasteiger partial charge in [-0.25, -0.2) is 0 Å². The topological polar surface area (TPSA) is 26.0 Å². The molecule has 1 heterocycles. The third-order valence-electron chi connectivity index (χ3n) is 1.38. The Morgan fingerprint density at radius 2 is 2.27 bits per heavy atom. The van der Waals surface area contributed by atoms with Gasteiger partial charge in [-0.2, -0.15) is 0 Å². The van der Waals surface area contributed by atoms with Gasteiger partial charge in [-0.1, -0.05) is 11.6 Å². The molecule has 1 atom stereocenters. The van der Waals surface area contributed by atoms with Gasteiger partial charge in [0.05, 0.1) is 4.34 Å². The van der Waals surface area contributed by atoms with E-state index in [4.69, 9.17) is 28.9 Å². The Morgan fingerprint density at radius 1 is 1.55 bits per heavy atom. The zero-order valence-corrected chi connectivity index (χ0v) is 8.22. The van der Waals surface area contributed by atoms with Crippen molar-refractivity contribution < 1.29 is 0 Å². The maximum atomic E-state index is 5.79. The predicted molar refractivity (Wildman–Crippen MR) is 51.6 cm³/mol. The summed E-state index contributed by atoms with van der Waals surface area (Å²) in [5, 5.41) is 0. The summed E-state index contributed by atoms with van der Waals surface area (Å²) in [6.45, 7) is 0. The van der Waals surface area contributed by atoms with Crippen molar-refractivity contribution in [1.29, 1.82) is 0 Å². The summed E-state index contributed by atoms with van der Waals surface area (Å²) in [7, 11) is 0. The minimum absolute atomic E-state index is 0.0463. The second-order valence-electron chi connectivity index (χ2n) is 2.23. The molecule has 11 heavy (non-hydrogen) atoms. The molecule has 0 aliphatic heterocycles. The van der Waals surface area contributed by atoms with E-state index in [9.17, 15) is 0 Å². The molecule has 1 aromatic heterocycles. The van der Waals surface area contributed by atoms with Crippen LogP contribution < -0.4 is 5.73 Å². The van der Waals surface area contributed by atoms with E-state index < -0.39 is 0 Å². The van der Waals surface area contributed by atoms with Crippen molar-refractivity contribution in [3.63, 3.8) is 0 Å². The molecule has 1 rings (SSSR count). The van der Waals surface area contributed by atoms with Crippen LogP contribution in [-0.2, 0) is 0 Å². The van der Waals surface area contributed by atoms with Crippen LogP contribution in [0.4, 0.5) is 0 Å². The van der Waals surface area contributed by atoms with Crippen LogP contribution in [0.1, 0.15) is 17.3 Å². The molecule has 1 unspecified atom stereocenters. The minimum Gasteiger partial charge on any atom is -0.323 e. The van der Waals surface area contributed by atoms with Crippen LogP contribution in [0.3, 0.4) is 0 Å². The number of halogens is 2. The number of hydrogen-bond acceptors (Lipinski definition) is 2. The molecular formula is C7H9Cl2NS. The number of hydrogen-bond donors (Lipinski definition) is 1. The van der Waals surface area contributed by atoms with Gasteiger partial charge in [0.25, 0.3) is 0 Å². The van der Waals surface area contributed by atoms with E-state index >= 15 is 0 Å². The van der Waals surface area contributed by atoms with Gasteiger partial charge in [0, 0.05) is 16.8 Å². The Bertz CT molecular complexity index is 224. The van der Waals surface area contributed by atoms with E-state index in [-0.39, 0.29) is 6.04 Å². The van der Waals surface area contributed by atoms with Gasteiger partial charge in [0.15, 0.2) is 0 Å². The van der Waals surface area contributed by atoms with Gasteiger partial charge >= 0.3 is 0 Å². The Labute approximate surface area is 80.1 Å². The second-order valence-corrected chi connectivity index (χ2v) is 4.35. The average Bonchev–Trinajstić information content (AvgIpc) is 2.36. The summed E-state index contributed by atoms with van der Waals surface area (Å²) in [6, 6.07) is 3.85. The molecule has 0 bridgehead atoms. The fraction of sp³-hybridized carbons (Fsp3) is 0.429. The highest BCUT2D eigenvalue weighted by atomic mass is 35.5. The van der Waals surface area contributed by atoms with Gasteiger partial charge < -0.3 is 5.73 Å². The molecular weight excluding hydrogens is 201 g/mol. The minimum atomic E-state index is 0.0463. The molecule has 0 aliphatic carbocycles. The van der Waals surface area contributed by atoms with Gasteiger partial charge in [-0.05, 0) is 18.6 Å². The van der Waals surface area contributed by atoms with Crippen LogP contribution >= 0.6 is 34.5 Å². The van der Waals surface area contributed by atoms with E-state index in [2.05, 4.69) is 0 Å². The molecule has 1 aromatic rings. The molecule has 0 fully saturated rings. The fourth-order valence-corrected chi connectivity index (χ4v) is 2.12. The van der Waals surface area contributed by atoms with Crippen molar-refractivity contribution in [2.75, 3.05) is 5.88 Å². The highest BCUT2D eigenvalue weighted by Crippen LogP contribution is 2.27. The van der Waals surface area contributed by atoms with Gasteiger partial charge in [0.1, 0.15) is 0 Å². The zero-order chi connectivity index (χ0) is 8.27. The maximum Gasteiger partial charge on any atom is 0.0931 e. The average molecular weight is 210 g/mol. The summed E-state index contributed by atoms with van der Waals surface area (Å²) < 4.78 is 0.782. The Balaban J connectivity index is 2.60. The maximum absolute atomic E-state index is 5.79. The van der Waals surface area contributed by atoms with Crippen molar-refractivity contribution in [3.8, 4) is 0 Å². The SMILES string of the molecule is NC(CCCl)c1ccc(Cl)s1. The highest BCUT2D eigenvalue weighted by Gasteiger charge is 2.06. The molecule has 4 heteroatoms. The number of alkyl halides is 1. The number of rotatable bonds is 3. The van der Waals surface area contributed by atoms with Crippen LogP contribution in [0.5, 0.6) is 0 Å². The molecule has 0 aliphatic rings. The summed E-state index contributed by atoms with van der Waals surface area (Å²) in [4.78, 5) is 1.11. The first kappa shape index (κ1) is 9.33. The number of thiophene rings is 1. The normalized spacial score (nSPS) is 13.4. The third kappa shape index (κ3) is 2.64. The first-order valence-corrected chi connectivity index (χ1v) is 5.03. The lowest BCUT2D eigenvalue weighted by atomic mass is 10.2. The van der Waals surface area contributed by atoms with Crippen LogP contribution in [0.15, 0.2) is 12.1 Å². The summed E-state index contributed by atoms with van der Waals surface area (Å²) >= 11 is 12.8. The lowest BCUT2D eigenvalue weighted by Gasteiger charge is -2.04. The number of nitrogens with two attached hydrogens (primary N) is 1. The van der Waals surface area contributed by atoms with Crippen LogP contribution in [0.2, 0.25) is 4.34 Å². The summed E-state index contributed by atoms with van der Waals surface area (Å²) in [5.41, 5.74) is 5.79. The Morgan fingerprint density at radius 3 is 2.73 bits per heavy atom. The van der Waals surface area contributed by atoms with Crippen molar-refractivity contribution in [2.24, 2.45) is 5.73 Å². The van der Waals surface area contributed by atoms with E-state index in [1.54, 1.807) is 0 Å². The zero-order valence-electron chi connectivity index (χ0n) is 5.89. The highest BCUT2D eigenvalue weighted by molar-refractivity contribution is 7.16. The Kier molecular flexibility index (Phi) is 3.66. The predicted octanol–water partition coefficient (Wildman–Crippen LogP) is 3.03. The second kappa shape index (κ2) is 4.31. The van der Waals surface area contributed by atoms with Crippen LogP contribution in [0.25, 0.3) is 0 Å². The lowest BCUT2D eigenvalue weighted by molar-refractivity contribution is 0.717. The van der Waals surface area contributed by atoms with Crippen LogP contribution in [0, 0.1) is 0 Å². The Hall–Kier alpha value is 0.240. The molecule has 0 aromatic carbocycles. The third-order valence-corrected chi connectivity index (χ3v) is 2.96. The largest absolute Gasteiger partial charge is 0.323 e. The molecule has 0 saturated heterocycles. The molecule has 62 valence electrons. The standard InChI is InChI=1S/C7H9Cl2NS/c8-4-3-5(10)6-1-2-7(9)11-6/h1-2,5H,3-4,10H2. The van der Waals surface area contributed by atoms with Crippen LogP contribution in [-0.4, -0.2) is 5.88 Å². The van der Waals surface area contributed by atoms with E-state index in [0.29, 0.717) is 5.88 Å². The first-order chi connectivity index (χ1) is 5.24. The molecule has 0 saturated carbocycles. The lowest BCUT2D eigenvalue weighted by Crippen LogP contribution is -2.08. The molecule has 0 amide bonds. The molecule has 0 radical (unpaired) electrons. The monoisotopic (exact) mass is 209 g/mol. The quantitative estimate of drug-likeness (QED) is 0.762. The van der Waals surface area contributed by atoms with Crippen molar-refractivity contribution in [2.45, 2.75) is 12.5 Å². The van der Waals surface area contributed by atoms with E-state index in [0.717, 1.165) is 15.6 Å². The van der Waals surface area contributed by atoms with Crippen molar-refractivity contribution in [3.05, 3.63) is 21.3 Å². The van der Waals surface area contributed by atoms with E-state index in [1.807, 2.05) is 12.1 Å². The smallest absolute Gasteiger partial charge is 0.0931 e. The molecule has 0 spiro atoms. The molecule has 1 nitrogen and oxygen atoms in total.